The predicted molar refractivity (Wildman–Crippen MR) is 85.7 cm³/mol. The van der Waals surface area contributed by atoms with E-state index in [2.05, 4.69) is 9.97 Å². The van der Waals surface area contributed by atoms with Crippen LogP contribution in [0.25, 0.3) is 11.2 Å². The maximum absolute atomic E-state index is 12.6. The van der Waals surface area contributed by atoms with Crippen LogP contribution >= 0.6 is 0 Å². The van der Waals surface area contributed by atoms with E-state index in [9.17, 15) is 4.79 Å². The number of aromatic nitrogens is 3. The van der Waals surface area contributed by atoms with Crippen LogP contribution in [0.15, 0.2) is 12.3 Å². The summed E-state index contributed by atoms with van der Waals surface area (Å²) in [6, 6.07) is 1.75. The Labute approximate surface area is 130 Å². The molecule has 0 saturated carbocycles. The molecule has 22 heavy (non-hydrogen) atoms. The Bertz CT molecular complexity index is 653. The molecule has 0 saturated heterocycles. The molecule has 2 rings (SSSR count). The van der Waals surface area contributed by atoms with Gasteiger partial charge >= 0.3 is 0 Å². The van der Waals surface area contributed by atoms with Crippen LogP contribution in [0.5, 0.6) is 0 Å². The van der Waals surface area contributed by atoms with Crippen molar-refractivity contribution in [1.29, 1.82) is 0 Å². The molecule has 0 atom stereocenters. The number of imidazole rings is 1. The highest BCUT2D eigenvalue weighted by atomic mass is 16.5. The van der Waals surface area contributed by atoms with E-state index in [1.807, 2.05) is 18.4 Å². The standard InChI is InChI=1S/C15H23N5O2/c1-4-6-19(7-8-22-3)14(21)11-9-12-13(17-10-11)20(5-2)15(16)18-12/h9-10H,4-8H2,1-3H3,(H2,16,18). The van der Waals surface area contributed by atoms with Gasteiger partial charge in [-0.15, -0.1) is 0 Å². The number of nitrogens with zero attached hydrogens (tertiary/aromatic N) is 4. The molecule has 0 radical (unpaired) electrons. The third kappa shape index (κ3) is 3.19. The molecule has 2 aromatic heterocycles. The van der Waals surface area contributed by atoms with E-state index in [0.717, 1.165) is 6.42 Å². The van der Waals surface area contributed by atoms with Crippen LogP contribution in [0.4, 0.5) is 5.95 Å². The zero-order valence-corrected chi connectivity index (χ0v) is 13.4. The number of pyridine rings is 1. The van der Waals surface area contributed by atoms with Crippen molar-refractivity contribution in [2.75, 3.05) is 32.5 Å². The fourth-order valence-electron chi connectivity index (χ4n) is 2.43. The average molecular weight is 305 g/mol. The number of carbonyl (C=O) groups is 1. The first-order valence-corrected chi connectivity index (χ1v) is 7.52. The molecule has 0 aromatic carbocycles. The summed E-state index contributed by atoms with van der Waals surface area (Å²) in [6.45, 7) is 6.47. The third-order valence-electron chi connectivity index (χ3n) is 3.52. The number of carbonyl (C=O) groups excluding carboxylic acids is 1. The molecule has 0 unspecified atom stereocenters. The Hall–Kier alpha value is -2.15. The summed E-state index contributed by atoms with van der Waals surface area (Å²) in [5.41, 5.74) is 7.74. The highest BCUT2D eigenvalue weighted by Gasteiger charge is 2.17. The third-order valence-corrected chi connectivity index (χ3v) is 3.52. The van der Waals surface area contributed by atoms with Crippen molar-refractivity contribution in [3.05, 3.63) is 17.8 Å². The minimum atomic E-state index is -0.0575. The average Bonchev–Trinajstić information content (AvgIpc) is 2.84. The van der Waals surface area contributed by atoms with Gasteiger partial charge in [-0.1, -0.05) is 6.92 Å². The largest absolute Gasteiger partial charge is 0.383 e. The summed E-state index contributed by atoms with van der Waals surface area (Å²) in [4.78, 5) is 23.0. The van der Waals surface area contributed by atoms with Crippen LogP contribution in [0.1, 0.15) is 30.6 Å². The highest BCUT2D eigenvalue weighted by Crippen LogP contribution is 2.17. The Kier molecular flexibility index (Phi) is 5.32. The lowest BCUT2D eigenvalue weighted by Gasteiger charge is -2.21. The molecule has 0 aliphatic carbocycles. The molecule has 2 N–H and O–H groups in total. The van der Waals surface area contributed by atoms with Gasteiger partial charge in [0.1, 0.15) is 5.52 Å². The summed E-state index contributed by atoms with van der Waals surface area (Å²) in [5.74, 6) is 0.359. The van der Waals surface area contributed by atoms with Gasteiger partial charge < -0.3 is 15.4 Å². The fourth-order valence-corrected chi connectivity index (χ4v) is 2.43. The molecule has 2 heterocycles. The molecule has 2 aromatic rings. The maximum Gasteiger partial charge on any atom is 0.255 e. The van der Waals surface area contributed by atoms with Gasteiger partial charge in [0.25, 0.3) is 5.91 Å². The molecular weight excluding hydrogens is 282 g/mol. The van der Waals surface area contributed by atoms with Crippen LogP contribution in [0.2, 0.25) is 0 Å². The summed E-state index contributed by atoms with van der Waals surface area (Å²) in [7, 11) is 1.63. The van der Waals surface area contributed by atoms with Crippen molar-refractivity contribution in [2.45, 2.75) is 26.8 Å². The van der Waals surface area contributed by atoms with Crippen LogP contribution in [-0.4, -0.2) is 52.1 Å². The van der Waals surface area contributed by atoms with Crippen molar-refractivity contribution in [3.63, 3.8) is 0 Å². The van der Waals surface area contributed by atoms with Gasteiger partial charge in [0.2, 0.25) is 5.95 Å². The second-order valence-electron chi connectivity index (χ2n) is 5.07. The smallest absolute Gasteiger partial charge is 0.255 e. The quantitative estimate of drug-likeness (QED) is 0.838. The number of amides is 1. The van der Waals surface area contributed by atoms with E-state index in [0.29, 0.717) is 48.9 Å². The van der Waals surface area contributed by atoms with Crippen molar-refractivity contribution < 1.29 is 9.53 Å². The number of nitrogens with two attached hydrogens (primary N) is 1. The van der Waals surface area contributed by atoms with E-state index in [1.54, 1.807) is 24.3 Å². The van der Waals surface area contributed by atoms with Crippen LogP contribution in [0.3, 0.4) is 0 Å². The first kappa shape index (κ1) is 16.2. The predicted octanol–water partition coefficient (Wildman–Crippen LogP) is 1.53. The summed E-state index contributed by atoms with van der Waals surface area (Å²) in [5, 5.41) is 0. The molecule has 7 heteroatoms. The van der Waals surface area contributed by atoms with Crippen LogP contribution < -0.4 is 5.73 Å². The molecule has 7 nitrogen and oxygen atoms in total. The number of nitrogen functional groups attached to an aromatic ring is 1. The SMILES string of the molecule is CCCN(CCOC)C(=O)c1cnc2c(c1)nc(N)n2CC. The normalized spacial score (nSPS) is 11.0. The van der Waals surface area contributed by atoms with Gasteiger partial charge in [-0.3, -0.25) is 9.36 Å². The first-order valence-electron chi connectivity index (χ1n) is 7.52. The zero-order valence-electron chi connectivity index (χ0n) is 13.4. The number of hydrogen-bond donors (Lipinski definition) is 1. The lowest BCUT2D eigenvalue weighted by atomic mass is 10.2. The number of anilines is 1. The van der Waals surface area contributed by atoms with E-state index < -0.39 is 0 Å². The number of fused-ring (bicyclic) bond motifs is 1. The second kappa shape index (κ2) is 7.22. The van der Waals surface area contributed by atoms with Gasteiger partial charge in [-0.2, -0.15) is 0 Å². The summed E-state index contributed by atoms with van der Waals surface area (Å²) < 4.78 is 6.88. The van der Waals surface area contributed by atoms with Crippen LogP contribution in [0, 0.1) is 0 Å². The van der Waals surface area contributed by atoms with Crippen molar-refractivity contribution in [3.8, 4) is 0 Å². The minimum absolute atomic E-state index is 0.0575. The lowest BCUT2D eigenvalue weighted by Crippen LogP contribution is -2.34. The van der Waals surface area contributed by atoms with Gasteiger partial charge in [0.15, 0.2) is 5.65 Å². The second-order valence-corrected chi connectivity index (χ2v) is 5.07. The Morgan fingerprint density at radius 3 is 2.82 bits per heavy atom. The van der Waals surface area contributed by atoms with E-state index in [4.69, 9.17) is 10.5 Å². The number of aryl methyl sites for hydroxylation is 1. The molecule has 0 spiro atoms. The van der Waals surface area contributed by atoms with E-state index >= 15 is 0 Å². The monoisotopic (exact) mass is 305 g/mol. The minimum Gasteiger partial charge on any atom is -0.383 e. The topological polar surface area (TPSA) is 86.3 Å². The number of rotatable bonds is 7. The van der Waals surface area contributed by atoms with E-state index in [1.165, 1.54) is 0 Å². The van der Waals surface area contributed by atoms with Gasteiger partial charge in [-0.05, 0) is 19.4 Å². The first-order chi connectivity index (χ1) is 10.6. The zero-order chi connectivity index (χ0) is 16.1. The molecular formula is C15H23N5O2. The maximum atomic E-state index is 12.6. The number of ether oxygens (including phenoxy) is 1. The molecule has 120 valence electrons. The molecule has 0 aliphatic heterocycles. The fraction of sp³-hybridized carbons (Fsp3) is 0.533. The lowest BCUT2D eigenvalue weighted by molar-refractivity contribution is 0.0695. The number of methoxy groups -OCH3 is 1. The Balaban J connectivity index is 2.30. The molecule has 1 amide bonds. The van der Waals surface area contributed by atoms with Crippen molar-refractivity contribution in [2.24, 2.45) is 0 Å². The van der Waals surface area contributed by atoms with Crippen molar-refractivity contribution >= 4 is 23.0 Å². The van der Waals surface area contributed by atoms with Gasteiger partial charge in [0.05, 0.1) is 12.2 Å². The van der Waals surface area contributed by atoms with Crippen LogP contribution in [-0.2, 0) is 11.3 Å². The van der Waals surface area contributed by atoms with Crippen molar-refractivity contribution in [1.82, 2.24) is 19.4 Å². The Morgan fingerprint density at radius 1 is 1.41 bits per heavy atom. The summed E-state index contributed by atoms with van der Waals surface area (Å²) >= 11 is 0. The highest BCUT2D eigenvalue weighted by molar-refractivity contribution is 5.96. The summed E-state index contributed by atoms with van der Waals surface area (Å²) in [6.07, 6.45) is 2.48. The van der Waals surface area contributed by atoms with Gasteiger partial charge in [-0.25, -0.2) is 9.97 Å². The van der Waals surface area contributed by atoms with Gasteiger partial charge in [0, 0.05) is 32.9 Å². The number of hydrogen-bond acceptors (Lipinski definition) is 5. The molecule has 0 bridgehead atoms. The van der Waals surface area contributed by atoms with E-state index in [-0.39, 0.29) is 5.91 Å². The Morgan fingerprint density at radius 2 is 2.18 bits per heavy atom. The molecule has 0 fully saturated rings. The molecule has 0 aliphatic rings.